The maximum atomic E-state index is 12.2. The Morgan fingerprint density at radius 2 is 1.95 bits per heavy atom. The molecule has 2 N–H and O–H groups in total. The molecule has 1 aliphatic rings. The maximum Gasteiger partial charge on any atom is 0.244 e. The summed E-state index contributed by atoms with van der Waals surface area (Å²) in [6, 6.07) is 5.19. The van der Waals surface area contributed by atoms with Crippen molar-refractivity contribution in [2.24, 2.45) is 0 Å². The maximum absolute atomic E-state index is 12.2. The number of hydrogen-bond acceptors (Lipinski definition) is 5. The summed E-state index contributed by atoms with van der Waals surface area (Å²) in [7, 11) is -0.625. The van der Waals surface area contributed by atoms with Crippen molar-refractivity contribution in [3.8, 4) is 11.5 Å². The zero-order chi connectivity index (χ0) is 14.6. The Morgan fingerprint density at radius 3 is 2.55 bits per heavy atom. The smallest absolute Gasteiger partial charge is 0.244 e. The highest BCUT2D eigenvalue weighted by atomic mass is 32.2. The van der Waals surface area contributed by atoms with Crippen LogP contribution in [0.5, 0.6) is 11.5 Å². The number of nitrogens with one attached hydrogen (secondary N) is 2. The zero-order valence-corrected chi connectivity index (χ0v) is 12.5. The third kappa shape index (κ3) is 3.84. The second-order valence-corrected chi connectivity index (χ2v) is 6.38. The van der Waals surface area contributed by atoms with Crippen molar-refractivity contribution in [3.63, 3.8) is 0 Å². The lowest BCUT2D eigenvalue weighted by molar-refractivity contribution is 0.386. The summed E-state index contributed by atoms with van der Waals surface area (Å²) in [4.78, 5) is 0.118. The van der Waals surface area contributed by atoms with Crippen LogP contribution >= 0.6 is 0 Å². The van der Waals surface area contributed by atoms with E-state index < -0.39 is 10.0 Å². The van der Waals surface area contributed by atoms with Crippen molar-refractivity contribution in [2.45, 2.75) is 23.8 Å². The van der Waals surface area contributed by atoms with Gasteiger partial charge in [-0.25, -0.2) is 13.1 Å². The Balaban J connectivity index is 2.03. The Labute approximate surface area is 119 Å². The van der Waals surface area contributed by atoms with E-state index in [1.54, 1.807) is 12.1 Å². The Morgan fingerprint density at radius 1 is 1.20 bits per heavy atom. The molecule has 0 atom stereocenters. The Bertz CT molecular complexity index is 555. The van der Waals surface area contributed by atoms with Crippen molar-refractivity contribution in [2.75, 3.05) is 27.3 Å². The van der Waals surface area contributed by atoms with Crippen molar-refractivity contribution >= 4 is 10.0 Å². The van der Waals surface area contributed by atoms with E-state index in [1.807, 2.05) is 0 Å². The average molecular weight is 300 g/mol. The first-order valence-corrected chi connectivity index (χ1v) is 8.00. The van der Waals surface area contributed by atoms with Gasteiger partial charge < -0.3 is 14.8 Å². The molecule has 0 heterocycles. The van der Waals surface area contributed by atoms with Crippen molar-refractivity contribution < 1.29 is 17.9 Å². The molecule has 1 aliphatic carbocycles. The minimum atomic E-state index is -3.58. The molecule has 0 aromatic heterocycles. The zero-order valence-electron chi connectivity index (χ0n) is 11.7. The van der Waals surface area contributed by atoms with Crippen LogP contribution in [0.3, 0.4) is 0 Å². The van der Waals surface area contributed by atoms with E-state index in [0.29, 0.717) is 24.9 Å². The molecule has 0 aliphatic heterocycles. The van der Waals surface area contributed by atoms with E-state index in [2.05, 4.69) is 10.0 Å². The lowest BCUT2D eigenvalue weighted by Gasteiger charge is -2.12. The highest BCUT2D eigenvalue weighted by Crippen LogP contribution is 2.28. The molecular weight excluding hydrogens is 280 g/mol. The summed E-state index contributed by atoms with van der Waals surface area (Å²) in [6.07, 6.45) is 2.36. The number of hydrogen-bond donors (Lipinski definition) is 2. The van der Waals surface area contributed by atoms with Crippen LogP contribution in [0.15, 0.2) is 23.1 Å². The van der Waals surface area contributed by atoms with Crippen LogP contribution in [0.25, 0.3) is 0 Å². The molecule has 0 bridgehead atoms. The molecule has 0 unspecified atom stereocenters. The average Bonchev–Trinajstić information content (AvgIpc) is 3.27. The van der Waals surface area contributed by atoms with Crippen LogP contribution in [0.1, 0.15) is 12.8 Å². The highest BCUT2D eigenvalue weighted by Gasteiger charge is 2.22. The van der Waals surface area contributed by atoms with Crippen LogP contribution < -0.4 is 19.5 Å². The topological polar surface area (TPSA) is 76.7 Å². The summed E-state index contributed by atoms with van der Waals surface area (Å²) in [5, 5.41) is 3.25. The van der Waals surface area contributed by atoms with E-state index in [9.17, 15) is 8.42 Å². The molecule has 0 radical (unpaired) electrons. The van der Waals surface area contributed by atoms with Crippen molar-refractivity contribution in [1.82, 2.24) is 10.0 Å². The molecule has 0 spiro atoms. The minimum Gasteiger partial charge on any atom is -0.497 e. The van der Waals surface area contributed by atoms with Crippen LogP contribution in [0, 0.1) is 0 Å². The number of sulfonamides is 1. The third-order valence-electron chi connectivity index (χ3n) is 3.09. The predicted octanol–water partition coefficient (Wildman–Crippen LogP) is 0.734. The van der Waals surface area contributed by atoms with Gasteiger partial charge in [-0.3, -0.25) is 0 Å². The first-order valence-electron chi connectivity index (χ1n) is 6.52. The van der Waals surface area contributed by atoms with Gasteiger partial charge in [0.25, 0.3) is 0 Å². The number of rotatable bonds is 8. The second-order valence-electron chi connectivity index (χ2n) is 4.64. The minimum absolute atomic E-state index is 0.118. The third-order valence-corrected chi connectivity index (χ3v) is 4.59. The largest absolute Gasteiger partial charge is 0.497 e. The summed E-state index contributed by atoms with van der Waals surface area (Å²) in [5.41, 5.74) is 0. The summed E-state index contributed by atoms with van der Waals surface area (Å²) in [6.45, 7) is 0.983. The SMILES string of the molecule is COc1ccc(S(=O)(=O)NCCNC2CC2)c(OC)c1. The van der Waals surface area contributed by atoms with Crippen LogP contribution in [0.4, 0.5) is 0 Å². The molecule has 112 valence electrons. The monoisotopic (exact) mass is 300 g/mol. The van der Waals surface area contributed by atoms with E-state index >= 15 is 0 Å². The number of ether oxygens (including phenoxy) is 2. The fourth-order valence-electron chi connectivity index (χ4n) is 1.82. The van der Waals surface area contributed by atoms with Gasteiger partial charge in [0.15, 0.2) is 0 Å². The molecule has 2 rings (SSSR count). The quantitative estimate of drug-likeness (QED) is 0.692. The highest BCUT2D eigenvalue weighted by molar-refractivity contribution is 7.89. The van der Waals surface area contributed by atoms with E-state index in [1.165, 1.54) is 33.1 Å². The summed E-state index contributed by atoms with van der Waals surface area (Å²) < 4.78 is 37.1. The van der Waals surface area contributed by atoms with Gasteiger partial charge >= 0.3 is 0 Å². The molecule has 20 heavy (non-hydrogen) atoms. The van der Waals surface area contributed by atoms with E-state index in [4.69, 9.17) is 9.47 Å². The Hall–Kier alpha value is -1.31. The molecule has 1 fully saturated rings. The van der Waals surface area contributed by atoms with Gasteiger partial charge in [-0.05, 0) is 25.0 Å². The molecule has 1 aromatic rings. The number of methoxy groups -OCH3 is 2. The van der Waals surface area contributed by atoms with Gasteiger partial charge in [0, 0.05) is 25.2 Å². The molecule has 0 saturated heterocycles. The fourth-order valence-corrected chi connectivity index (χ4v) is 3.00. The molecule has 1 saturated carbocycles. The second kappa shape index (κ2) is 6.43. The van der Waals surface area contributed by atoms with E-state index in [0.717, 1.165) is 0 Å². The van der Waals surface area contributed by atoms with Crippen LogP contribution in [-0.4, -0.2) is 41.8 Å². The molecule has 0 amide bonds. The first kappa shape index (κ1) is 15.1. The summed E-state index contributed by atoms with van der Waals surface area (Å²) in [5.74, 6) is 0.822. The Kier molecular flexibility index (Phi) is 4.85. The number of benzene rings is 1. The molecular formula is C13H20N2O4S. The van der Waals surface area contributed by atoms with Gasteiger partial charge in [0.05, 0.1) is 14.2 Å². The lowest BCUT2D eigenvalue weighted by atomic mass is 10.3. The van der Waals surface area contributed by atoms with Gasteiger partial charge in [0.1, 0.15) is 16.4 Å². The molecule has 6 nitrogen and oxygen atoms in total. The first-order chi connectivity index (χ1) is 9.56. The fraction of sp³-hybridized carbons (Fsp3) is 0.538. The van der Waals surface area contributed by atoms with Gasteiger partial charge in [-0.2, -0.15) is 0 Å². The van der Waals surface area contributed by atoms with E-state index in [-0.39, 0.29) is 10.6 Å². The molecule has 7 heteroatoms. The van der Waals surface area contributed by atoms with Crippen molar-refractivity contribution in [3.05, 3.63) is 18.2 Å². The van der Waals surface area contributed by atoms with Gasteiger partial charge in [0.2, 0.25) is 10.0 Å². The van der Waals surface area contributed by atoms with Gasteiger partial charge in [-0.15, -0.1) is 0 Å². The normalized spacial score (nSPS) is 15.1. The van der Waals surface area contributed by atoms with Gasteiger partial charge in [-0.1, -0.05) is 0 Å². The predicted molar refractivity (Wildman–Crippen MR) is 75.8 cm³/mol. The molecule has 1 aromatic carbocycles. The standard InChI is InChI=1S/C13H20N2O4S/c1-18-11-5-6-13(12(9-11)19-2)20(16,17)15-8-7-14-10-3-4-10/h5-6,9-10,14-15H,3-4,7-8H2,1-2H3. The lowest BCUT2D eigenvalue weighted by Crippen LogP contribution is -2.32. The van der Waals surface area contributed by atoms with Crippen molar-refractivity contribution in [1.29, 1.82) is 0 Å². The van der Waals surface area contributed by atoms with Crippen LogP contribution in [0.2, 0.25) is 0 Å². The summed E-state index contributed by atoms with van der Waals surface area (Å²) >= 11 is 0. The van der Waals surface area contributed by atoms with Crippen LogP contribution in [-0.2, 0) is 10.0 Å².